The zero-order valence-corrected chi connectivity index (χ0v) is 15.7. The molecular weight excluding hydrogens is 385 g/mol. The maximum Gasteiger partial charge on any atom is 0.416 e. The van der Waals surface area contributed by atoms with Gasteiger partial charge in [0.25, 0.3) is 5.91 Å². The molecule has 0 aliphatic carbocycles. The number of morpholine rings is 1. The maximum absolute atomic E-state index is 13.2. The SMILES string of the molecule is C=CCOc1ccc(C(=O)Nc2cc(C(F)(F)F)ccc2N2CCOCC2)cc1. The van der Waals surface area contributed by atoms with E-state index in [0.717, 1.165) is 12.1 Å². The minimum Gasteiger partial charge on any atom is -0.490 e. The van der Waals surface area contributed by atoms with Crippen LogP contribution in [-0.4, -0.2) is 38.8 Å². The largest absolute Gasteiger partial charge is 0.490 e. The first-order chi connectivity index (χ1) is 13.9. The highest BCUT2D eigenvalue weighted by atomic mass is 19.4. The van der Waals surface area contributed by atoms with E-state index in [1.54, 1.807) is 30.3 Å². The Morgan fingerprint density at radius 3 is 2.48 bits per heavy atom. The van der Waals surface area contributed by atoms with Crippen molar-refractivity contribution in [3.63, 3.8) is 0 Å². The first kappa shape index (κ1) is 20.7. The van der Waals surface area contributed by atoms with E-state index in [-0.39, 0.29) is 5.69 Å². The number of hydrogen-bond acceptors (Lipinski definition) is 4. The minimum absolute atomic E-state index is 0.110. The Bertz CT molecular complexity index is 860. The number of nitrogens with zero attached hydrogens (tertiary/aromatic N) is 1. The van der Waals surface area contributed by atoms with E-state index < -0.39 is 17.6 Å². The highest BCUT2D eigenvalue weighted by Gasteiger charge is 2.32. The molecule has 1 amide bonds. The molecule has 1 N–H and O–H groups in total. The number of anilines is 2. The summed E-state index contributed by atoms with van der Waals surface area (Å²) in [5.41, 5.74) is 0.124. The minimum atomic E-state index is -4.51. The van der Waals surface area contributed by atoms with Crippen molar-refractivity contribution in [1.29, 1.82) is 0 Å². The first-order valence-electron chi connectivity index (χ1n) is 9.07. The molecule has 1 aliphatic heterocycles. The van der Waals surface area contributed by atoms with E-state index in [1.165, 1.54) is 6.07 Å². The number of rotatable bonds is 6. The van der Waals surface area contributed by atoms with E-state index in [9.17, 15) is 18.0 Å². The number of carbonyl (C=O) groups excluding carboxylic acids is 1. The topological polar surface area (TPSA) is 50.8 Å². The molecule has 0 spiro atoms. The Hall–Kier alpha value is -3.00. The van der Waals surface area contributed by atoms with Gasteiger partial charge in [0.2, 0.25) is 0 Å². The average Bonchev–Trinajstić information content (AvgIpc) is 2.72. The molecule has 0 unspecified atom stereocenters. The van der Waals surface area contributed by atoms with Crippen molar-refractivity contribution in [2.24, 2.45) is 0 Å². The van der Waals surface area contributed by atoms with Gasteiger partial charge in [-0.3, -0.25) is 4.79 Å². The molecular formula is C21H21F3N2O3. The lowest BCUT2D eigenvalue weighted by molar-refractivity contribution is -0.137. The van der Waals surface area contributed by atoms with Gasteiger partial charge in [-0.15, -0.1) is 0 Å². The van der Waals surface area contributed by atoms with E-state index in [0.29, 0.717) is 49.9 Å². The quantitative estimate of drug-likeness (QED) is 0.725. The molecule has 0 bridgehead atoms. The lowest BCUT2D eigenvalue weighted by Gasteiger charge is -2.31. The van der Waals surface area contributed by atoms with Gasteiger partial charge in [-0.05, 0) is 42.5 Å². The fraction of sp³-hybridized carbons (Fsp3) is 0.286. The van der Waals surface area contributed by atoms with Crippen LogP contribution in [0.2, 0.25) is 0 Å². The Kier molecular flexibility index (Phi) is 6.43. The van der Waals surface area contributed by atoms with Crippen LogP contribution in [-0.2, 0) is 10.9 Å². The van der Waals surface area contributed by atoms with Gasteiger partial charge in [-0.25, -0.2) is 0 Å². The number of halogens is 3. The van der Waals surface area contributed by atoms with E-state index >= 15 is 0 Å². The van der Waals surface area contributed by atoms with Gasteiger partial charge in [0.1, 0.15) is 12.4 Å². The number of benzene rings is 2. The lowest BCUT2D eigenvalue weighted by Crippen LogP contribution is -2.36. The van der Waals surface area contributed by atoms with Crippen LogP contribution in [0.3, 0.4) is 0 Å². The van der Waals surface area contributed by atoms with E-state index in [1.807, 2.05) is 4.90 Å². The smallest absolute Gasteiger partial charge is 0.416 e. The molecule has 2 aromatic carbocycles. The summed E-state index contributed by atoms with van der Waals surface area (Å²) in [6.45, 7) is 5.90. The van der Waals surface area contributed by atoms with Gasteiger partial charge in [-0.2, -0.15) is 13.2 Å². The van der Waals surface area contributed by atoms with E-state index in [2.05, 4.69) is 11.9 Å². The van der Waals surface area contributed by atoms with Gasteiger partial charge >= 0.3 is 6.18 Å². The van der Waals surface area contributed by atoms with Gasteiger partial charge in [0.05, 0.1) is 30.2 Å². The van der Waals surface area contributed by atoms with Crippen molar-refractivity contribution < 1.29 is 27.4 Å². The summed E-state index contributed by atoms with van der Waals surface area (Å²) in [7, 11) is 0. The molecule has 1 aliphatic rings. The second-order valence-electron chi connectivity index (χ2n) is 6.41. The molecule has 3 rings (SSSR count). The molecule has 29 heavy (non-hydrogen) atoms. The van der Waals surface area contributed by atoms with Crippen LogP contribution < -0.4 is 15.0 Å². The van der Waals surface area contributed by atoms with Crippen molar-refractivity contribution in [1.82, 2.24) is 0 Å². The molecule has 1 saturated heterocycles. The highest BCUT2D eigenvalue weighted by molar-refractivity contribution is 6.06. The number of amides is 1. The van der Waals surface area contributed by atoms with Crippen molar-refractivity contribution >= 4 is 17.3 Å². The Morgan fingerprint density at radius 2 is 1.86 bits per heavy atom. The lowest BCUT2D eigenvalue weighted by atomic mass is 10.1. The van der Waals surface area contributed by atoms with Crippen molar-refractivity contribution in [3.8, 4) is 5.75 Å². The number of alkyl halides is 3. The van der Waals surface area contributed by atoms with Crippen molar-refractivity contribution in [3.05, 3.63) is 66.2 Å². The van der Waals surface area contributed by atoms with Crippen LogP contribution >= 0.6 is 0 Å². The summed E-state index contributed by atoms with van der Waals surface area (Å²) in [4.78, 5) is 14.5. The third-order valence-corrected chi connectivity index (χ3v) is 4.41. The normalized spacial score (nSPS) is 14.4. The zero-order chi connectivity index (χ0) is 20.9. The third-order valence-electron chi connectivity index (χ3n) is 4.41. The zero-order valence-electron chi connectivity index (χ0n) is 15.7. The van der Waals surface area contributed by atoms with Crippen LogP contribution in [0.4, 0.5) is 24.5 Å². The molecule has 0 saturated carbocycles. The number of hydrogen-bond donors (Lipinski definition) is 1. The van der Waals surface area contributed by atoms with Gasteiger partial charge in [-0.1, -0.05) is 12.7 Å². The first-order valence-corrected chi connectivity index (χ1v) is 9.07. The summed E-state index contributed by atoms with van der Waals surface area (Å²) in [6.07, 6.45) is -2.91. The number of carbonyl (C=O) groups is 1. The Morgan fingerprint density at radius 1 is 1.17 bits per heavy atom. The predicted molar refractivity (Wildman–Crippen MR) is 105 cm³/mol. The van der Waals surface area contributed by atoms with E-state index in [4.69, 9.17) is 9.47 Å². The van der Waals surface area contributed by atoms with Gasteiger partial charge in [0, 0.05) is 18.7 Å². The fourth-order valence-corrected chi connectivity index (χ4v) is 2.94. The van der Waals surface area contributed by atoms with Crippen molar-refractivity contribution in [2.75, 3.05) is 43.1 Å². The second-order valence-corrected chi connectivity index (χ2v) is 6.41. The van der Waals surface area contributed by atoms with Crippen LogP contribution in [0.15, 0.2) is 55.1 Å². The monoisotopic (exact) mass is 406 g/mol. The van der Waals surface area contributed by atoms with Crippen molar-refractivity contribution in [2.45, 2.75) is 6.18 Å². The predicted octanol–water partition coefficient (Wildman–Crippen LogP) is 4.36. The van der Waals surface area contributed by atoms with Crippen LogP contribution in [0.1, 0.15) is 15.9 Å². The standard InChI is InChI=1S/C21H21F3N2O3/c1-2-11-29-17-6-3-15(4-7-17)20(27)25-18-14-16(21(22,23)24)5-8-19(18)26-9-12-28-13-10-26/h2-8,14H,1,9-13H2,(H,25,27). The Labute approximate surface area is 166 Å². The average molecular weight is 406 g/mol. The summed E-state index contributed by atoms with van der Waals surface area (Å²) < 4.78 is 50.2. The molecule has 2 aromatic rings. The van der Waals surface area contributed by atoms with Crippen LogP contribution in [0.25, 0.3) is 0 Å². The molecule has 1 fully saturated rings. The van der Waals surface area contributed by atoms with Gasteiger partial charge < -0.3 is 19.7 Å². The third kappa shape index (κ3) is 5.29. The summed E-state index contributed by atoms with van der Waals surface area (Å²) in [5.74, 6) is 0.0589. The highest BCUT2D eigenvalue weighted by Crippen LogP contribution is 2.36. The molecule has 0 aromatic heterocycles. The summed E-state index contributed by atoms with van der Waals surface area (Å²) in [5, 5.41) is 2.62. The second kappa shape index (κ2) is 9.00. The number of ether oxygens (including phenoxy) is 2. The van der Waals surface area contributed by atoms with Crippen LogP contribution in [0, 0.1) is 0 Å². The summed E-state index contributed by atoms with van der Waals surface area (Å²) in [6, 6.07) is 9.71. The molecule has 154 valence electrons. The molecule has 1 heterocycles. The van der Waals surface area contributed by atoms with Crippen LogP contribution in [0.5, 0.6) is 5.75 Å². The fourth-order valence-electron chi connectivity index (χ4n) is 2.94. The molecule has 0 atom stereocenters. The molecule has 0 radical (unpaired) electrons. The molecule has 5 nitrogen and oxygen atoms in total. The molecule has 8 heteroatoms. The van der Waals surface area contributed by atoms with Gasteiger partial charge in [0.15, 0.2) is 0 Å². The number of nitrogens with one attached hydrogen (secondary N) is 1. The Balaban J connectivity index is 1.85. The maximum atomic E-state index is 13.2. The summed E-state index contributed by atoms with van der Waals surface area (Å²) >= 11 is 0.